The SMILES string of the molecule is COc1cc2ncnc(Nc3ccc(F)c(Cl)c3)c2cc1OCCCN1CCN(C(=O)CNC(=O)C[C@H](NC(=O)[C@@H]2C[C@@H](O)CN2C(=O)[C@@H](c2cc(C)no2)C(C)C)c2ccc(-c3scnc3C)cc2)CC1. The molecular weight excluding hydrogens is 967 g/mol. The first kappa shape index (κ1) is 51.6. The number of aromatic nitrogens is 4. The Morgan fingerprint density at radius 3 is 2.44 bits per heavy atom. The number of hydrogen-bond acceptors (Lipinski definition) is 15. The van der Waals surface area contributed by atoms with Crippen molar-refractivity contribution in [3.8, 4) is 21.9 Å². The molecule has 0 spiro atoms. The lowest BCUT2D eigenvalue weighted by Gasteiger charge is -2.34. The molecule has 3 aromatic carbocycles. The minimum atomic E-state index is -1.01. The number of fused-ring (bicyclic) bond motifs is 1. The first-order valence-corrected chi connectivity index (χ1v) is 25.1. The highest BCUT2D eigenvalue weighted by molar-refractivity contribution is 7.13. The number of anilines is 2. The standard InChI is InChI=1S/C51H58ClFN10O8S/c1-29(2)47(44-19-30(3)60-71-44)51(68)63-26-35(64)21-41(63)50(67)59-39(32-7-9-33(10-8-32)48-31(4)57-28-72-48)24-45(65)54-25-46(66)62-16-14-61(15-17-62)13-6-18-70-43-22-36-40(23-42(43)69-5)55-27-56-49(36)58-34-11-12-38(53)37(52)20-34/h7-12,19-20,22-23,27-29,35,39,41,47,64H,6,13-18,21,24-26H2,1-5H3,(H,54,65)(H,59,67)(H,55,56,58)/t35-,39+,41+,47-/m1/s1. The van der Waals surface area contributed by atoms with Gasteiger partial charge in [0.1, 0.15) is 35.7 Å². The maximum absolute atomic E-state index is 14.2. The van der Waals surface area contributed by atoms with Crippen molar-refractivity contribution in [2.75, 3.05) is 64.8 Å². The van der Waals surface area contributed by atoms with Crippen molar-refractivity contribution in [3.05, 3.63) is 106 Å². The van der Waals surface area contributed by atoms with Crippen molar-refractivity contribution in [2.24, 2.45) is 5.92 Å². The van der Waals surface area contributed by atoms with Crippen molar-refractivity contribution in [1.82, 2.24) is 45.4 Å². The number of rotatable bonds is 19. The lowest BCUT2D eigenvalue weighted by molar-refractivity contribution is -0.141. The molecule has 0 saturated carbocycles. The van der Waals surface area contributed by atoms with Crippen LogP contribution in [0.25, 0.3) is 21.3 Å². The minimum Gasteiger partial charge on any atom is -0.493 e. The number of β-amino-alcohol motifs (C(OH)–C–C–N with tert-alkyl or cyclic N) is 1. The molecule has 2 aliphatic heterocycles. The minimum absolute atomic E-state index is 0.0173. The van der Waals surface area contributed by atoms with Gasteiger partial charge in [-0.05, 0) is 61.6 Å². The molecular formula is C51H58ClFN10O8S. The van der Waals surface area contributed by atoms with Gasteiger partial charge in [-0.2, -0.15) is 0 Å². The van der Waals surface area contributed by atoms with Crippen LogP contribution < -0.4 is 25.4 Å². The van der Waals surface area contributed by atoms with Crippen LogP contribution in [0, 0.1) is 25.6 Å². The Labute approximate surface area is 425 Å². The number of thiazole rings is 1. The number of carbonyl (C=O) groups is 4. The van der Waals surface area contributed by atoms with Crippen molar-refractivity contribution < 1.29 is 42.7 Å². The third-order valence-corrected chi connectivity index (χ3v) is 14.2. The average molecular weight is 1030 g/mol. The highest BCUT2D eigenvalue weighted by atomic mass is 35.5. The second-order valence-corrected chi connectivity index (χ2v) is 19.6. The summed E-state index contributed by atoms with van der Waals surface area (Å²) in [6, 6.07) is 15.3. The van der Waals surface area contributed by atoms with E-state index in [0.29, 0.717) is 90.1 Å². The Bertz CT molecular complexity index is 2890. The summed E-state index contributed by atoms with van der Waals surface area (Å²) in [5, 5.41) is 24.4. The molecule has 8 rings (SSSR count). The number of nitrogens with zero attached hydrogens (tertiary/aromatic N) is 7. The van der Waals surface area contributed by atoms with Crippen LogP contribution in [0.4, 0.5) is 15.9 Å². The largest absolute Gasteiger partial charge is 0.493 e. The van der Waals surface area contributed by atoms with Gasteiger partial charge in [-0.15, -0.1) is 11.3 Å². The Balaban J connectivity index is 0.842. The molecule has 21 heteroatoms. The van der Waals surface area contributed by atoms with E-state index in [0.717, 1.165) is 22.7 Å². The molecule has 0 unspecified atom stereocenters. The summed E-state index contributed by atoms with van der Waals surface area (Å²) in [6.45, 7) is 10.5. The van der Waals surface area contributed by atoms with E-state index in [1.54, 1.807) is 48.7 Å². The molecule has 380 valence electrons. The van der Waals surface area contributed by atoms with Crippen LogP contribution in [0.15, 0.2) is 77.0 Å². The monoisotopic (exact) mass is 1020 g/mol. The van der Waals surface area contributed by atoms with Crippen LogP contribution in [0.3, 0.4) is 0 Å². The number of ether oxygens (including phenoxy) is 2. The van der Waals surface area contributed by atoms with E-state index in [9.17, 15) is 28.7 Å². The predicted octanol–water partition coefficient (Wildman–Crippen LogP) is 6.58. The number of nitrogens with one attached hydrogen (secondary N) is 3. The van der Waals surface area contributed by atoms with Crippen molar-refractivity contribution in [1.29, 1.82) is 0 Å². The highest BCUT2D eigenvalue weighted by Crippen LogP contribution is 2.36. The van der Waals surface area contributed by atoms with E-state index in [-0.39, 0.29) is 48.7 Å². The number of aliphatic hydroxyl groups is 1. The third kappa shape index (κ3) is 12.3. The average Bonchev–Trinajstić information content (AvgIpc) is 4.12. The topological polar surface area (TPSA) is 217 Å². The number of methoxy groups -OCH3 is 1. The highest BCUT2D eigenvalue weighted by Gasteiger charge is 2.44. The van der Waals surface area contributed by atoms with Crippen molar-refractivity contribution in [3.63, 3.8) is 0 Å². The van der Waals surface area contributed by atoms with Crippen LogP contribution >= 0.6 is 22.9 Å². The molecule has 72 heavy (non-hydrogen) atoms. The second-order valence-electron chi connectivity index (χ2n) is 18.3. The number of aryl methyl sites for hydroxylation is 2. The molecule has 2 aliphatic rings. The summed E-state index contributed by atoms with van der Waals surface area (Å²) >= 11 is 7.51. The fraction of sp³-hybridized carbons (Fsp3) is 0.412. The van der Waals surface area contributed by atoms with Crippen LogP contribution in [0.2, 0.25) is 5.02 Å². The number of benzene rings is 3. The zero-order chi connectivity index (χ0) is 51.1. The van der Waals surface area contributed by atoms with Gasteiger partial charge < -0.3 is 44.9 Å². The van der Waals surface area contributed by atoms with Gasteiger partial charge in [0.15, 0.2) is 11.5 Å². The van der Waals surface area contributed by atoms with E-state index in [4.69, 9.17) is 25.6 Å². The number of aliphatic hydroxyl groups excluding tert-OH is 1. The molecule has 0 aliphatic carbocycles. The lowest BCUT2D eigenvalue weighted by atomic mass is 9.91. The Morgan fingerprint density at radius 1 is 0.986 bits per heavy atom. The fourth-order valence-corrected chi connectivity index (χ4v) is 10.1. The summed E-state index contributed by atoms with van der Waals surface area (Å²) in [7, 11) is 1.55. The number of halogens is 2. The number of amides is 4. The Kier molecular flexibility index (Phi) is 16.6. The van der Waals surface area contributed by atoms with Gasteiger partial charge in [-0.25, -0.2) is 19.3 Å². The number of piperazine rings is 1. The first-order valence-electron chi connectivity index (χ1n) is 23.8. The van der Waals surface area contributed by atoms with Gasteiger partial charge in [0, 0.05) is 68.9 Å². The van der Waals surface area contributed by atoms with Crippen LogP contribution in [-0.2, 0) is 19.2 Å². The smallest absolute Gasteiger partial charge is 0.243 e. The molecule has 18 nitrogen and oxygen atoms in total. The maximum atomic E-state index is 14.2. The molecule has 3 aromatic heterocycles. The molecule has 0 bridgehead atoms. The quantitative estimate of drug-likeness (QED) is 0.0631. The van der Waals surface area contributed by atoms with Gasteiger partial charge in [0.05, 0.1) is 71.1 Å². The zero-order valence-electron chi connectivity index (χ0n) is 40.7. The molecule has 4 N–H and O–H groups in total. The van der Waals surface area contributed by atoms with Crippen LogP contribution in [-0.4, -0.2) is 135 Å². The van der Waals surface area contributed by atoms with Crippen molar-refractivity contribution >= 4 is 69.0 Å². The number of hydrogen-bond donors (Lipinski definition) is 4. The molecule has 2 fully saturated rings. The number of carbonyl (C=O) groups excluding carboxylic acids is 4. The van der Waals surface area contributed by atoms with Gasteiger partial charge >= 0.3 is 0 Å². The first-order chi connectivity index (χ1) is 34.6. The third-order valence-electron chi connectivity index (χ3n) is 12.9. The summed E-state index contributed by atoms with van der Waals surface area (Å²) < 4.78 is 31.1. The van der Waals surface area contributed by atoms with E-state index >= 15 is 0 Å². The molecule has 2 saturated heterocycles. The molecule has 6 aromatic rings. The fourth-order valence-electron chi connectivity index (χ4n) is 9.10. The van der Waals surface area contributed by atoms with E-state index in [2.05, 4.69) is 41.0 Å². The summed E-state index contributed by atoms with van der Waals surface area (Å²) in [4.78, 5) is 74.9. The van der Waals surface area contributed by atoms with Gasteiger partial charge in [-0.1, -0.05) is 54.9 Å². The van der Waals surface area contributed by atoms with Gasteiger partial charge in [-0.3, -0.25) is 24.1 Å². The Morgan fingerprint density at radius 2 is 1.76 bits per heavy atom. The van der Waals surface area contributed by atoms with E-state index in [1.165, 1.54) is 34.7 Å². The van der Waals surface area contributed by atoms with Gasteiger partial charge in [0.2, 0.25) is 23.6 Å². The van der Waals surface area contributed by atoms with Gasteiger partial charge in [0.25, 0.3) is 0 Å². The maximum Gasteiger partial charge on any atom is 0.243 e. The molecule has 4 amide bonds. The second kappa shape index (κ2) is 23.2. The molecule has 5 heterocycles. The molecule has 0 radical (unpaired) electrons. The predicted molar refractivity (Wildman–Crippen MR) is 270 cm³/mol. The van der Waals surface area contributed by atoms with Crippen LogP contribution in [0.5, 0.6) is 11.5 Å². The summed E-state index contributed by atoms with van der Waals surface area (Å²) in [5.41, 5.74) is 6.03. The Hall–Kier alpha value is -6.74. The lowest BCUT2D eigenvalue weighted by Crippen LogP contribution is -2.51. The van der Waals surface area contributed by atoms with E-state index in [1.807, 2.05) is 45.0 Å². The number of likely N-dealkylation sites (tertiary alicyclic amines) is 1. The molecule has 4 atom stereocenters. The summed E-state index contributed by atoms with van der Waals surface area (Å²) in [6.07, 6.45) is 1.01. The van der Waals surface area contributed by atoms with Crippen LogP contribution in [0.1, 0.15) is 67.8 Å². The normalized spacial score (nSPS) is 17.0. The van der Waals surface area contributed by atoms with E-state index < -0.39 is 41.7 Å². The summed E-state index contributed by atoms with van der Waals surface area (Å²) in [5.74, 6) is -1.11. The zero-order valence-corrected chi connectivity index (χ0v) is 42.3. The van der Waals surface area contributed by atoms with Crippen molar-refractivity contribution in [2.45, 2.75) is 71.1 Å².